The zero-order chi connectivity index (χ0) is 14.0. The number of ether oxygens (including phenoxy) is 1. The first-order chi connectivity index (χ1) is 8.90. The summed E-state index contributed by atoms with van der Waals surface area (Å²) < 4.78 is 33.1. The van der Waals surface area contributed by atoms with Crippen molar-refractivity contribution in [3.05, 3.63) is 22.7 Å². The molecule has 1 fully saturated rings. The van der Waals surface area contributed by atoms with Crippen LogP contribution >= 0.6 is 15.9 Å². The van der Waals surface area contributed by atoms with E-state index in [9.17, 15) is 8.42 Å². The largest absolute Gasteiger partial charge is 0.398 e. The number of sulfonamides is 1. The number of rotatable bonds is 4. The molecular formula is C12H17BrN2O3S. The van der Waals surface area contributed by atoms with Gasteiger partial charge < -0.3 is 10.5 Å². The molecule has 19 heavy (non-hydrogen) atoms. The summed E-state index contributed by atoms with van der Waals surface area (Å²) in [6.45, 7) is 3.02. The third kappa shape index (κ3) is 3.47. The second kappa shape index (κ2) is 5.78. The molecule has 0 bridgehead atoms. The van der Waals surface area contributed by atoms with Crippen LogP contribution in [0, 0.1) is 5.92 Å². The Morgan fingerprint density at radius 1 is 1.53 bits per heavy atom. The minimum atomic E-state index is -3.58. The lowest BCUT2D eigenvalue weighted by atomic mass is 10.0. The van der Waals surface area contributed by atoms with E-state index in [1.807, 2.05) is 6.92 Å². The molecule has 2 rings (SSSR count). The fraction of sp³-hybridized carbons (Fsp3) is 0.500. The Kier molecular flexibility index (Phi) is 4.50. The van der Waals surface area contributed by atoms with E-state index in [1.54, 1.807) is 12.1 Å². The van der Waals surface area contributed by atoms with Gasteiger partial charge in [-0.1, -0.05) is 15.9 Å². The van der Waals surface area contributed by atoms with Gasteiger partial charge in [-0.2, -0.15) is 0 Å². The van der Waals surface area contributed by atoms with E-state index in [1.165, 1.54) is 6.07 Å². The van der Waals surface area contributed by atoms with Crippen LogP contribution in [-0.4, -0.2) is 27.7 Å². The molecule has 0 radical (unpaired) electrons. The summed E-state index contributed by atoms with van der Waals surface area (Å²) in [5.74, 6) is 0.211. The lowest BCUT2D eigenvalue weighted by Crippen LogP contribution is -2.32. The number of benzene rings is 1. The van der Waals surface area contributed by atoms with Crippen LogP contribution in [0.3, 0.4) is 0 Å². The maximum absolute atomic E-state index is 12.2. The molecule has 0 saturated carbocycles. The van der Waals surface area contributed by atoms with E-state index in [0.717, 1.165) is 6.42 Å². The van der Waals surface area contributed by atoms with Gasteiger partial charge in [0.15, 0.2) is 0 Å². The average Bonchev–Trinajstić information content (AvgIpc) is 2.75. The Bertz CT molecular complexity index is 562. The molecule has 0 amide bonds. The van der Waals surface area contributed by atoms with Crippen molar-refractivity contribution in [3.8, 4) is 0 Å². The predicted octanol–water partition coefficient (Wildman–Crippen LogP) is 1.73. The van der Waals surface area contributed by atoms with Crippen molar-refractivity contribution in [1.29, 1.82) is 0 Å². The first-order valence-corrected chi connectivity index (χ1v) is 8.34. The Balaban J connectivity index is 2.12. The van der Waals surface area contributed by atoms with Crippen LogP contribution in [0.1, 0.15) is 13.3 Å². The van der Waals surface area contributed by atoms with Gasteiger partial charge in [-0.3, -0.25) is 0 Å². The Hall–Kier alpha value is -0.630. The number of nitrogens with one attached hydrogen (secondary N) is 1. The van der Waals surface area contributed by atoms with Gasteiger partial charge in [0.25, 0.3) is 0 Å². The molecule has 7 heteroatoms. The van der Waals surface area contributed by atoms with Gasteiger partial charge in [0, 0.05) is 23.5 Å². The van der Waals surface area contributed by atoms with Crippen molar-refractivity contribution >= 4 is 31.6 Å². The smallest absolute Gasteiger partial charge is 0.242 e. The highest BCUT2D eigenvalue weighted by atomic mass is 79.9. The SMILES string of the molecule is CC1OCCC1CNS(=O)(=O)c1cc(Br)ccc1N. The van der Waals surface area contributed by atoms with E-state index in [4.69, 9.17) is 10.5 Å². The number of nitrogens with two attached hydrogens (primary N) is 1. The van der Waals surface area contributed by atoms with Crippen LogP contribution in [0.15, 0.2) is 27.6 Å². The molecule has 1 heterocycles. The molecule has 0 aliphatic carbocycles. The number of anilines is 1. The Labute approximate surface area is 121 Å². The molecule has 106 valence electrons. The summed E-state index contributed by atoms with van der Waals surface area (Å²) >= 11 is 3.25. The van der Waals surface area contributed by atoms with Crippen molar-refractivity contribution in [2.75, 3.05) is 18.9 Å². The molecule has 1 aliphatic heterocycles. The minimum Gasteiger partial charge on any atom is -0.398 e. The highest BCUT2D eigenvalue weighted by molar-refractivity contribution is 9.10. The first kappa shape index (κ1) is 14.8. The van der Waals surface area contributed by atoms with Crippen LogP contribution in [0.5, 0.6) is 0 Å². The lowest BCUT2D eigenvalue weighted by Gasteiger charge is -2.15. The predicted molar refractivity (Wildman–Crippen MR) is 77.3 cm³/mol. The summed E-state index contributed by atoms with van der Waals surface area (Å²) in [6, 6.07) is 4.79. The van der Waals surface area contributed by atoms with Gasteiger partial charge in [0.2, 0.25) is 10.0 Å². The van der Waals surface area contributed by atoms with Gasteiger partial charge in [-0.15, -0.1) is 0 Å². The topological polar surface area (TPSA) is 81.4 Å². The molecule has 1 saturated heterocycles. The number of hydrogen-bond donors (Lipinski definition) is 2. The minimum absolute atomic E-state index is 0.0857. The van der Waals surface area contributed by atoms with E-state index in [-0.39, 0.29) is 22.6 Å². The maximum atomic E-state index is 12.2. The summed E-state index contributed by atoms with van der Waals surface area (Å²) in [7, 11) is -3.58. The fourth-order valence-corrected chi connectivity index (χ4v) is 3.84. The van der Waals surface area contributed by atoms with E-state index in [0.29, 0.717) is 17.6 Å². The second-order valence-electron chi connectivity index (χ2n) is 4.66. The van der Waals surface area contributed by atoms with E-state index < -0.39 is 10.0 Å². The van der Waals surface area contributed by atoms with Crippen molar-refractivity contribution in [3.63, 3.8) is 0 Å². The second-order valence-corrected chi connectivity index (χ2v) is 7.31. The van der Waals surface area contributed by atoms with Crippen LogP contribution in [0.25, 0.3) is 0 Å². The van der Waals surface area contributed by atoms with Crippen molar-refractivity contribution in [1.82, 2.24) is 4.72 Å². The van der Waals surface area contributed by atoms with Crippen LogP contribution < -0.4 is 10.5 Å². The third-order valence-electron chi connectivity index (χ3n) is 3.33. The lowest BCUT2D eigenvalue weighted by molar-refractivity contribution is 0.107. The Morgan fingerprint density at radius 2 is 2.26 bits per heavy atom. The van der Waals surface area contributed by atoms with Crippen LogP contribution in [0.2, 0.25) is 0 Å². The van der Waals surface area contributed by atoms with Crippen molar-refractivity contribution in [2.24, 2.45) is 5.92 Å². The monoisotopic (exact) mass is 348 g/mol. The summed E-state index contributed by atoms with van der Waals surface area (Å²) in [5.41, 5.74) is 5.96. The summed E-state index contributed by atoms with van der Waals surface area (Å²) in [6.07, 6.45) is 0.958. The molecule has 1 aliphatic rings. The molecule has 0 spiro atoms. The van der Waals surface area contributed by atoms with Gasteiger partial charge in [0.05, 0.1) is 11.8 Å². The maximum Gasteiger partial charge on any atom is 0.242 e. The molecule has 0 aromatic heterocycles. The van der Waals surface area contributed by atoms with E-state index >= 15 is 0 Å². The van der Waals surface area contributed by atoms with Crippen LogP contribution in [0.4, 0.5) is 5.69 Å². The first-order valence-electron chi connectivity index (χ1n) is 6.06. The molecule has 2 unspecified atom stereocenters. The zero-order valence-corrected chi connectivity index (χ0v) is 13.0. The molecule has 1 aromatic carbocycles. The molecule has 2 atom stereocenters. The molecular weight excluding hydrogens is 332 g/mol. The molecule has 1 aromatic rings. The van der Waals surface area contributed by atoms with Crippen molar-refractivity contribution < 1.29 is 13.2 Å². The average molecular weight is 349 g/mol. The number of hydrogen-bond acceptors (Lipinski definition) is 4. The molecule has 5 nitrogen and oxygen atoms in total. The standard InChI is InChI=1S/C12H17BrN2O3S/c1-8-9(4-5-18-8)7-15-19(16,17)12-6-10(13)2-3-11(12)14/h2-3,6,8-9,15H,4-5,7,14H2,1H3. The van der Waals surface area contributed by atoms with Crippen LogP contribution in [-0.2, 0) is 14.8 Å². The molecule has 3 N–H and O–H groups in total. The quantitative estimate of drug-likeness (QED) is 0.812. The van der Waals surface area contributed by atoms with E-state index in [2.05, 4.69) is 20.7 Å². The summed E-state index contributed by atoms with van der Waals surface area (Å²) in [4.78, 5) is 0.105. The highest BCUT2D eigenvalue weighted by Gasteiger charge is 2.26. The number of halogens is 1. The summed E-state index contributed by atoms with van der Waals surface area (Å²) in [5, 5.41) is 0. The zero-order valence-electron chi connectivity index (χ0n) is 10.6. The van der Waals surface area contributed by atoms with Gasteiger partial charge >= 0.3 is 0 Å². The van der Waals surface area contributed by atoms with Crippen molar-refractivity contribution in [2.45, 2.75) is 24.3 Å². The highest BCUT2D eigenvalue weighted by Crippen LogP contribution is 2.24. The van der Waals surface area contributed by atoms with Gasteiger partial charge in [0.1, 0.15) is 4.90 Å². The van der Waals surface area contributed by atoms with Gasteiger partial charge in [-0.25, -0.2) is 13.1 Å². The van der Waals surface area contributed by atoms with Gasteiger partial charge in [-0.05, 0) is 31.5 Å². The normalized spacial score (nSPS) is 23.7. The fourth-order valence-electron chi connectivity index (χ4n) is 2.08. The third-order valence-corrected chi connectivity index (χ3v) is 5.31. The Morgan fingerprint density at radius 3 is 2.89 bits per heavy atom. The number of nitrogen functional groups attached to an aromatic ring is 1.